The molecule has 2 heterocycles. The summed E-state index contributed by atoms with van der Waals surface area (Å²) in [5.41, 5.74) is 2.49. The zero-order valence-corrected chi connectivity index (χ0v) is 25.6. The van der Waals surface area contributed by atoms with Gasteiger partial charge in [-0.15, -0.1) is 0 Å². The lowest BCUT2D eigenvalue weighted by atomic mass is 10.2. The fourth-order valence-electron chi connectivity index (χ4n) is 4.56. The molecule has 0 bridgehead atoms. The smallest absolute Gasteiger partial charge is 0.266 e. The fourth-order valence-corrected chi connectivity index (χ4v) is 7.20. The maximum Gasteiger partial charge on any atom is 0.266 e. The van der Waals surface area contributed by atoms with Crippen molar-refractivity contribution in [3.63, 3.8) is 0 Å². The van der Waals surface area contributed by atoms with E-state index >= 15 is 0 Å². The third-order valence-corrected chi connectivity index (χ3v) is 9.91. The number of fused-ring (bicyclic) bond motifs is 2. The summed E-state index contributed by atoms with van der Waals surface area (Å²) in [4.78, 5) is 4.10. The molecule has 212 valence electrons. The Bertz CT molecular complexity index is 1640. The van der Waals surface area contributed by atoms with Crippen LogP contribution in [-0.4, -0.2) is 50.5 Å². The van der Waals surface area contributed by atoms with E-state index in [1.165, 1.54) is 11.3 Å². The number of benzene rings is 2. The van der Waals surface area contributed by atoms with E-state index in [1.807, 2.05) is 34.6 Å². The number of rotatable bonds is 11. The van der Waals surface area contributed by atoms with Crippen molar-refractivity contribution in [2.75, 3.05) is 34.4 Å². The Balaban J connectivity index is 1.79. The van der Waals surface area contributed by atoms with Gasteiger partial charge in [0.25, 0.3) is 25.2 Å². The van der Waals surface area contributed by atoms with Gasteiger partial charge in [0.2, 0.25) is 5.52 Å². The minimum Gasteiger partial charge on any atom is -0.326 e. The Morgan fingerprint density at radius 2 is 1.51 bits per heavy atom. The molecule has 0 saturated heterocycles. The van der Waals surface area contributed by atoms with Crippen LogP contribution in [0.3, 0.4) is 0 Å². The predicted molar refractivity (Wildman–Crippen MR) is 159 cm³/mol. The van der Waals surface area contributed by atoms with Crippen LogP contribution < -0.4 is 14.4 Å². The quantitative estimate of drug-likeness (QED) is 0.153. The van der Waals surface area contributed by atoms with Gasteiger partial charge in [0.05, 0.1) is 39.0 Å². The van der Waals surface area contributed by atoms with E-state index in [-0.39, 0.29) is 24.3 Å². The summed E-state index contributed by atoms with van der Waals surface area (Å²) in [6.07, 6.45) is 2.92. The van der Waals surface area contributed by atoms with E-state index < -0.39 is 20.2 Å². The SMILES string of the molecule is CCN1C(=Cc2sc3ccc(Cl)cc3[n+]2CCCS(=O)(=O)O)N(CCCCS(=O)(=O)O)c2cc(Cl)c(Cl)cc21. The van der Waals surface area contributed by atoms with Gasteiger partial charge in [-0.1, -0.05) is 46.1 Å². The fraction of sp³-hybridized carbons (Fsp3) is 0.375. The maximum atomic E-state index is 11.4. The van der Waals surface area contributed by atoms with Gasteiger partial charge in [-0.25, -0.2) is 0 Å². The molecule has 1 aliphatic rings. The van der Waals surface area contributed by atoms with Crippen molar-refractivity contribution in [3.05, 3.63) is 56.2 Å². The first-order valence-corrected chi connectivity index (χ1v) is 17.2. The number of hydrogen-bond acceptors (Lipinski definition) is 7. The van der Waals surface area contributed by atoms with E-state index in [2.05, 4.69) is 4.90 Å². The lowest BCUT2D eigenvalue weighted by molar-refractivity contribution is -0.668. The zero-order valence-electron chi connectivity index (χ0n) is 20.8. The molecule has 0 radical (unpaired) electrons. The van der Waals surface area contributed by atoms with E-state index in [4.69, 9.17) is 39.4 Å². The molecule has 1 aromatic heterocycles. The average molecular weight is 656 g/mol. The molecule has 0 amide bonds. The molecule has 39 heavy (non-hydrogen) atoms. The summed E-state index contributed by atoms with van der Waals surface area (Å²) >= 11 is 20.5. The number of anilines is 2. The van der Waals surface area contributed by atoms with Crippen molar-refractivity contribution >= 4 is 94.0 Å². The van der Waals surface area contributed by atoms with Crippen LogP contribution in [0.2, 0.25) is 15.1 Å². The highest BCUT2D eigenvalue weighted by atomic mass is 35.5. The monoisotopic (exact) mass is 654 g/mol. The van der Waals surface area contributed by atoms with E-state index in [0.29, 0.717) is 41.1 Å². The van der Waals surface area contributed by atoms with Gasteiger partial charge >= 0.3 is 0 Å². The second kappa shape index (κ2) is 12.1. The first-order chi connectivity index (χ1) is 18.3. The Hall–Kier alpha value is -1.64. The van der Waals surface area contributed by atoms with Gasteiger partial charge < -0.3 is 9.80 Å². The Morgan fingerprint density at radius 3 is 2.13 bits per heavy atom. The van der Waals surface area contributed by atoms with Crippen LogP contribution >= 0.6 is 46.1 Å². The second-order valence-electron chi connectivity index (χ2n) is 8.99. The summed E-state index contributed by atoms with van der Waals surface area (Å²) < 4.78 is 66.5. The Morgan fingerprint density at radius 1 is 0.897 bits per heavy atom. The zero-order chi connectivity index (χ0) is 28.5. The summed E-state index contributed by atoms with van der Waals surface area (Å²) in [6.45, 7) is 3.36. The third kappa shape index (κ3) is 7.36. The van der Waals surface area contributed by atoms with Crippen molar-refractivity contribution in [2.45, 2.75) is 32.7 Å². The highest BCUT2D eigenvalue weighted by molar-refractivity contribution is 7.86. The number of hydrogen-bond donors (Lipinski definition) is 2. The molecule has 3 aromatic rings. The molecule has 0 saturated carbocycles. The number of aromatic nitrogens is 1. The Kier molecular flexibility index (Phi) is 9.39. The van der Waals surface area contributed by atoms with E-state index in [0.717, 1.165) is 32.4 Å². The molecule has 15 heteroatoms. The number of thiazole rings is 1. The topological polar surface area (TPSA) is 119 Å². The largest absolute Gasteiger partial charge is 0.326 e. The second-order valence-corrected chi connectivity index (χ2v) is 14.4. The van der Waals surface area contributed by atoms with E-state index in [1.54, 1.807) is 18.2 Å². The average Bonchev–Trinajstić information content (AvgIpc) is 3.30. The van der Waals surface area contributed by atoms with Crippen molar-refractivity contribution in [1.29, 1.82) is 0 Å². The first-order valence-electron chi connectivity index (χ1n) is 12.1. The highest BCUT2D eigenvalue weighted by Crippen LogP contribution is 2.46. The van der Waals surface area contributed by atoms with Crippen LogP contribution in [-0.2, 0) is 26.8 Å². The van der Waals surface area contributed by atoms with E-state index in [9.17, 15) is 21.4 Å². The van der Waals surface area contributed by atoms with Crippen LogP contribution in [0.1, 0.15) is 31.2 Å². The van der Waals surface area contributed by atoms with Crippen molar-refractivity contribution < 1.29 is 30.5 Å². The number of nitrogens with zero attached hydrogens (tertiary/aromatic N) is 3. The molecular formula is C24H27Cl3N3O6S3+. The normalized spacial score (nSPS) is 15.1. The van der Waals surface area contributed by atoms with Crippen molar-refractivity contribution in [3.8, 4) is 0 Å². The number of unbranched alkanes of at least 4 members (excludes halogenated alkanes) is 1. The lowest BCUT2D eigenvalue weighted by Crippen LogP contribution is -2.37. The molecule has 9 nitrogen and oxygen atoms in total. The molecule has 0 fully saturated rings. The molecule has 0 aliphatic carbocycles. The predicted octanol–water partition coefficient (Wildman–Crippen LogP) is 5.74. The number of halogens is 3. The molecule has 0 unspecified atom stereocenters. The third-order valence-electron chi connectivity index (χ3n) is 6.23. The van der Waals surface area contributed by atoms with Crippen LogP contribution in [0, 0.1) is 0 Å². The van der Waals surface area contributed by atoms with Gasteiger partial charge in [0.1, 0.15) is 10.5 Å². The summed E-state index contributed by atoms with van der Waals surface area (Å²) in [7, 11) is -8.19. The minimum absolute atomic E-state index is 0.195. The lowest BCUT2D eigenvalue weighted by Gasteiger charge is -2.24. The minimum atomic E-state index is -4.12. The van der Waals surface area contributed by atoms with Gasteiger partial charge in [-0.2, -0.15) is 21.4 Å². The van der Waals surface area contributed by atoms with Gasteiger partial charge in [-0.05, 0) is 44.0 Å². The standard InChI is InChI=1S/C24H26Cl3N3O6S3/c1-2-28-19-13-17(26)18(27)14-20(19)29(8-3-4-10-38(31,32)33)23(28)15-24-30(9-5-11-39(34,35)36)21-12-16(25)6-7-22(21)37-24/h6-7,12-15H,2-5,8-11H2,1H3,(H-,31,32,33,34,35,36)/p+1. The Labute approximate surface area is 246 Å². The van der Waals surface area contributed by atoms with Crippen LogP contribution in [0.4, 0.5) is 11.4 Å². The molecule has 4 rings (SSSR count). The summed E-state index contributed by atoms with van der Waals surface area (Å²) in [6, 6.07) is 9.07. The van der Waals surface area contributed by atoms with Gasteiger partial charge in [-0.3, -0.25) is 9.11 Å². The van der Waals surface area contributed by atoms with Crippen LogP contribution in [0.25, 0.3) is 16.3 Å². The molecule has 2 N–H and O–H groups in total. The number of aryl methyl sites for hydroxylation is 1. The van der Waals surface area contributed by atoms with Gasteiger partial charge in [0.15, 0.2) is 6.54 Å². The summed E-state index contributed by atoms with van der Waals surface area (Å²) in [5, 5.41) is 2.14. The van der Waals surface area contributed by atoms with Crippen molar-refractivity contribution in [2.24, 2.45) is 0 Å². The maximum absolute atomic E-state index is 11.4. The van der Waals surface area contributed by atoms with Crippen molar-refractivity contribution in [1.82, 2.24) is 0 Å². The van der Waals surface area contributed by atoms with Gasteiger partial charge in [0, 0.05) is 30.6 Å². The molecular weight excluding hydrogens is 629 g/mol. The molecule has 0 spiro atoms. The molecule has 0 atom stereocenters. The molecule has 2 aromatic carbocycles. The summed E-state index contributed by atoms with van der Waals surface area (Å²) in [5.74, 6) is 0.0900. The highest BCUT2D eigenvalue weighted by Gasteiger charge is 2.33. The molecule has 1 aliphatic heterocycles. The van der Waals surface area contributed by atoms with Crippen LogP contribution in [0.15, 0.2) is 36.2 Å². The van der Waals surface area contributed by atoms with Crippen LogP contribution in [0.5, 0.6) is 0 Å². The first kappa shape index (κ1) is 30.3.